The standard InChI is InChI=1S/C10H9N3O/c1-2-8(14)7-13-10-6-4-3-5-9(10)11-12-13/h2-6H,1,7H2. The molecule has 0 radical (unpaired) electrons. The summed E-state index contributed by atoms with van der Waals surface area (Å²) in [6.45, 7) is 3.61. The highest BCUT2D eigenvalue weighted by Crippen LogP contribution is 2.09. The topological polar surface area (TPSA) is 47.8 Å². The molecule has 4 nitrogen and oxygen atoms in total. The number of hydrogen-bond donors (Lipinski definition) is 0. The fourth-order valence-electron chi connectivity index (χ4n) is 1.25. The van der Waals surface area contributed by atoms with Gasteiger partial charge in [0.2, 0.25) is 0 Å². The molecule has 14 heavy (non-hydrogen) atoms. The van der Waals surface area contributed by atoms with Crippen LogP contribution in [0, 0.1) is 0 Å². The average Bonchev–Trinajstić information content (AvgIpc) is 2.62. The second-order valence-electron chi connectivity index (χ2n) is 2.91. The van der Waals surface area contributed by atoms with Crippen LogP contribution in [0.3, 0.4) is 0 Å². The highest BCUT2D eigenvalue weighted by atomic mass is 16.1. The third-order valence-corrected chi connectivity index (χ3v) is 1.95. The van der Waals surface area contributed by atoms with Crippen molar-refractivity contribution in [3.63, 3.8) is 0 Å². The van der Waals surface area contributed by atoms with Gasteiger partial charge >= 0.3 is 0 Å². The number of nitrogens with zero attached hydrogens (tertiary/aromatic N) is 3. The van der Waals surface area contributed by atoms with Crippen LogP contribution in [0.25, 0.3) is 11.0 Å². The Labute approximate surface area is 80.8 Å². The lowest BCUT2D eigenvalue weighted by atomic mass is 10.3. The molecule has 0 spiro atoms. The summed E-state index contributed by atoms with van der Waals surface area (Å²) < 4.78 is 1.57. The van der Waals surface area contributed by atoms with Gasteiger partial charge in [-0.3, -0.25) is 4.79 Å². The molecule has 0 saturated carbocycles. The summed E-state index contributed by atoms with van der Waals surface area (Å²) in [7, 11) is 0. The number of carbonyl (C=O) groups is 1. The van der Waals surface area contributed by atoms with E-state index in [4.69, 9.17) is 0 Å². The van der Waals surface area contributed by atoms with E-state index in [1.165, 1.54) is 6.08 Å². The minimum atomic E-state index is -0.0688. The summed E-state index contributed by atoms with van der Waals surface area (Å²) in [6.07, 6.45) is 1.29. The number of fused-ring (bicyclic) bond motifs is 1. The smallest absolute Gasteiger partial charge is 0.176 e. The number of benzene rings is 1. The van der Waals surface area contributed by atoms with E-state index >= 15 is 0 Å². The summed E-state index contributed by atoms with van der Waals surface area (Å²) in [5.41, 5.74) is 1.66. The van der Waals surface area contributed by atoms with Crippen molar-refractivity contribution in [1.29, 1.82) is 0 Å². The maximum absolute atomic E-state index is 11.1. The molecule has 0 aliphatic carbocycles. The van der Waals surface area contributed by atoms with E-state index in [0.717, 1.165) is 11.0 Å². The third kappa shape index (κ3) is 1.42. The van der Waals surface area contributed by atoms with E-state index in [1.54, 1.807) is 4.68 Å². The van der Waals surface area contributed by atoms with Crippen molar-refractivity contribution in [1.82, 2.24) is 15.0 Å². The molecule has 1 aromatic heterocycles. The third-order valence-electron chi connectivity index (χ3n) is 1.95. The predicted molar refractivity (Wildman–Crippen MR) is 52.7 cm³/mol. The number of allylic oxidation sites excluding steroid dienone is 1. The molecule has 0 saturated heterocycles. The summed E-state index contributed by atoms with van der Waals surface area (Å²) in [4.78, 5) is 11.1. The summed E-state index contributed by atoms with van der Waals surface area (Å²) >= 11 is 0. The van der Waals surface area contributed by atoms with Crippen LogP contribution in [0.2, 0.25) is 0 Å². The lowest BCUT2D eigenvalue weighted by molar-refractivity contribution is -0.115. The number of carbonyl (C=O) groups excluding carboxylic acids is 1. The van der Waals surface area contributed by atoms with E-state index < -0.39 is 0 Å². The zero-order chi connectivity index (χ0) is 9.97. The van der Waals surface area contributed by atoms with Crippen LogP contribution >= 0.6 is 0 Å². The minimum Gasteiger partial charge on any atom is -0.293 e. The van der Waals surface area contributed by atoms with Gasteiger partial charge in [0.15, 0.2) is 5.78 Å². The number of ketones is 1. The van der Waals surface area contributed by atoms with Crippen LogP contribution in [-0.4, -0.2) is 20.8 Å². The molecular formula is C10H9N3O. The van der Waals surface area contributed by atoms with E-state index in [0.29, 0.717) is 0 Å². The van der Waals surface area contributed by atoms with Crippen molar-refractivity contribution in [2.24, 2.45) is 0 Å². The van der Waals surface area contributed by atoms with Gasteiger partial charge in [0, 0.05) is 0 Å². The number of hydrogen-bond acceptors (Lipinski definition) is 3. The fraction of sp³-hybridized carbons (Fsp3) is 0.100. The molecule has 0 aliphatic rings. The number of aromatic nitrogens is 3. The molecule has 0 N–H and O–H groups in total. The number of para-hydroxylation sites is 1. The first kappa shape index (κ1) is 8.62. The Morgan fingerprint density at radius 3 is 3.07 bits per heavy atom. The molecule has 70 valence electrons. The normalized spacial score (nSPS) is 10.3. The van der Waals surface area contributed by atoms with Gasteiger partial charge in [0.1, 0.15) is 12.1 Å². The first-order valence-electron chi connectivity index (χ1n) is 4.25. The van der Waals surface area contributed by atoms with Gasteiger partial charge in [-0.1, -0.05) is 23.9 Å². The van der Waals surface area contributed by atoms with E-state index in [-0.39, 0.29) is 12.3 Å². The zero-order valence-electron chi connectivity index (χ0n) is 7.55. The van der Waals surface area contributed by atoms with Gasteiger partial charge in [-0.05, 0) is 18.2 Å². The fourth-order valence-corrected chi connectivity index (χ4v) is 1.25. The lowest BCUT2D eigenvalue weighted by Gasteiger charge is -1.96. The van der Waals surface area contributed by atoms with Crippen molar-refractivity contribution >= 4 is 16.8 Å². The maximum Gasteiger partial charge on any atom is 0.176 e. The van der Waals surface area contributed by atoms with Gasteiger partial charge in [0.05, 0.1) is 5.52 Å². The van der Waals surface area contributed by atoms with Crippen LogP contribution in [0.4, 0.5) is 0 Å². The molecule has 2 aromatic rings. The molecule has 1 heterocycles. The molecule has 4 heteroatoms. The molecule has 1 aromatic carbocycles. The van der Waals surface area contributed by atoms with Gasteiger partial charge in [-0.2, -0.15) is 0 Å². The molecule has 0 amide bonds. The second kappa shape index (κ2) is 3.41. The van der Waals surface area contributed by atoms with Gasteiger partial charge in [0.25, 0.3) is 0 Å². The van der Waals surface area contributed by atoms with E-state index in [2.05, 4.69) is 16.9 Å². The van der Waals surface area contributed by atoms with E-state index in [1.807, 2.05) is 24.3 Å². The molecule has 2 rings (SSSR count). The largest absolute Gasteiger partial charge is 0.293 e. The molecular weight excluding hydrogens is 178 g/mol. The van der Waals surface area contributed by atoms with Gasteiger partial charge < -0.3 is 0 Å². The van der Waals surface area contributed by atoms with Crippen molar-refractivity contribution < 1.29 is 4.79 Å². The highest BCUT2D eigenvalue weighted by molar-refractivity contribution is 5.89. The quantitative estimate of drug-likeness (QED) is 0.678. The van der Waals surface area contributed by atoms with Crippen LogP contribution in [0.1, 0.15) is 0 Å². The summed E-state index contributed by atoms with van der Waals surface area (Å²) in [6, 6.07) is 7.51. The maximum atomic E-state index is 11.1. The predicted octanol–water partition coefficient (Wildman–Crippen LogP) is 1.19. The Hall–Kier alpha value is -1.97. The Bertz CT molecular complexity index is 487. The Morgan fingerprint density at radius 2 is 2.29 bits per heavy atom. The van der Waals surface area contributed by atoms with Crippen LogP contribution in [-0.2, 0) is 11.3 Å². The zero-order valence-corrected chi connectivity index (χ0v) is 7.55. The number of rotatable bonds is 3. The SMILES string of the molecule is C=CC(=O)Cn1nnc2ccccc21. The molecule has 0 unspecified atom stereocenters. The van der Waals surface area contributed by atoms with Crippen LogP contribution in [0.5, 0.6) is 0 Å². The second-order valence-corrected chi connectivity index (χ2v) is 2.91. The monoisotopic (exact) mass is 187 g/mol. The first-order chi connectivity index (χ1) is 6.81. The molecule has 0 aliphatic heterocycles. The van der Waals surface area contributed by atoms with Gasteiger partial charge in [-0.25, -0.2) is 4.68 Å². The molecule has 0 fully saturated rings. The van der Waals surface area contributed by atoms with Gasteiger partial charge in [-0.15, -0.1) is 5.10 Å². The average molecular weight is 187 g/mol. The van der Waals surface area contributed by atoms with Crippen LogP contribution in [0.15, 0.2) is 36.9 Å². The Balaban J connectivity index is 2.43. The Morgan fingerprint density at radius 1 is 1.50 bits per heavy atom. The summed E-state index contributed by atoms with van der Waals surface area (Å²) in [5.74, 6) is -0.0688. The van der Waals surface area contributed by atoms with Crippen molar-refractivity contribution in [3.05, 3.63) is 36.9 Å². The van der Waals surface area contributed by atoms with E-state index in [9.17, 15) is 4.79 Å². The summed E-state index contributed by atoms with van der Waals surface area (Å²) in [5, 5.41) is 7.81. The van der Waals surface area contributed by atoms with Crippen molar-refractivity contribution in [2.45, 2.75) is 6.54 Å². The first-order valence-corrected chi connectivity index (χ1v) is 4.25. The lowest BCUT2D eigenvalue weighted by Crippen LogP contribution is -2.08. The molecule has 0 bridgehead atoms. The Kier molecular flexibility index (Phi) is 2.10. The van der Waals surface area contributed by atoms with Crippen molar-refractivity contribution in [3.8, 4) is 0 Å². The van der Waals surface area contributed by atoms with Crippen LogP contribution < -0.4 is 0 Å². The molecule has 0 atom stereocenters. The minimum absolute atomic E-state index is 0.0688. The van der Waals surface area contributed by atoms with Crippen molar-refractivity contribution in [2.75, 3.05) is 0 Å². The highest BCUT2D eigenvalue weighted by Gasteiger charge is 2.04.